The molecule has 1 rings (SSSR count). The molecule has 1 aromatic rings. The molecule has 0 fully saturated rings. The highest BCUT2D eigenvalue weighted by atomic mass is 16.4. The summed E-state index contributed by atoms with van der Waals surface area (Å²) in [6.45, 7) is 5.05. The predicted molar refractivity (Wildman–Crippen MR) is 72.5 cm³/mol. The van der Waals surface area contributed by atoms with Crippen LogP contribution in [0.5, 0.6) is 0 Å². The first-order chi connectivity index (χ1) is 9.27. The van der Waals surface area contributed by atoms with Crippen molar-refractivity contribution in [1.29, 1.82) is 0 Å². The van der Waals surface area contributed by atoms with Crippen LogP contribution in [0.2, 0.25) is 0 Å². The van der Waals surface area contributed by atoms with Gasteiger partial charge in [-0.05, 0) is 20.3 Å². The maximum atomic E-state index is 12.1. The van der Waals surface area contributed by atoms with Gasteiger partial charge in [-0.2, -0.15) is 4.98 Å². The third-order valence-electron chi connectivity index (χ3n) is 3.31. The number of nitrogens with zero attached hydrogens (tertiary/aromatic N) is 2. The fourth-order valence-electron chi connectivity index (χ4n) is 2.08. The van der Waals surface area contributed by atoms with Crippen LogP contribution in [0.15, 0.2) is 4.79 Å². The predicted octanol–water partition coefficient (Wildman–Crippen LogP) is 0.251. The molecule has 0 spiro atoms. The molecule has 7 nitrogen and oxygen atoms in total. The first-order valence-electron chi connectivity index (χ1n) is 6.32. The van der Waals surface area contributed by atoms with Gasteiger partial charge in [-0.25, -0.2) is 9.59 Å². The van der Waals surface area contributed by atoms with E-state index in [1.807, 2.05) is 0 Å². The molecule has 110 valence electrons. The second kappa shape index (κ2) is 6.31. The van der Waals surface area contributed by atoms with Crippen LogP contribution in [0.25, 0.3) is 0 Å². The third kappa shape index (κ3) is 3.43. The van der Waals surface area contributed by atoms with E-state index in [4.69, 9.17) is 5.11 Å². The van der Waals surface area contributed by atoms with Gasteiger partial charge in [-0.15, -0.1) is 0 Å². The number of amides is 1. The van der Waals surface area contributed by atoms with Crippen LogP contribution in [0.1, 0.15) is 30.3 Å². The quantitative estimate of drug-likeness (QED) is 0.805. The molecule has 7 heteroatoms. The number of H-pyrrole nitrogens is 1. The Bertz CT molecular complexity index is 553. The van der Waals surface area contributed by atoms with Gasteiger partial charge in [0.15, 0.2) is 0 Å². The van der Waals surface area contributed by atoms with E-state index in [1.165, 1.54) is 11.9 Å². The Morgan fingerprint density at radius 1 is 1.40 bits per heavy atom. The smallest absolute Gasteiger partial charge is 0.345 e. The molecular weight excluding hydrogens is 262 g/mol. The molecule has 0 aliphatic carbocycles. The van der Waals surface area contributed by atoms with Crippen LogP contribution in [-0.2, 0) is 16.0 Å². The highest BCUT2D eigenvalue weighted by Crippen LogP contribution is 2.11. The number of aryl methyl sites for hydroxylation is 2. The van der Waals surface area contributed by atoms with Crippen molar-refractivity contribution in [2.75, 3.05) is 7.05 Å². The van der Waals surface area contributed by atoms with Crippen molar-refractivity contribution in [2.45, 2.75) is 39.7 Å². The molecule has 0 radical (unpaired) electrons. The van der Waals surface area contributed by atoms with Crippen molar-refractivity contribution in [3.05, 3.63) is 27.4 Å². The second-order valence-corrected chi connectivity index (χ2v) is 4.67. The minimum absolute atomic E-state index is 0.0156. The molecule has 20 heavy (non-hydrogen) atoms. The first-order valence-corrected chi connectivity index (χ1v) is 6.32. The van der Waals surface area contributed by atoms with Gasteiger partial charge in [-0.3, -0.25) is 4.79 Å². The third-order valence-corrected chi connectivity index (χ3v) is 3.31. The maximum absolute atomic E-state index is 12.1. The molecule has 0 aromatic carbocycles. The van der Waals surface area contributed by atoms with E-state index in [2.05, 4.69) is 9.97 Å². The minimum Gasteiger partial charge on any atom is -0.480 e. The van der Waals surface area contributed by atoms with Crippen LogP contribution in [-0.4, -0.2) is 44.9 Å². The average molecular weight is 281 g/mol. The van der Waals surface area contributed by atoms with Gasteiger partial charge in [0.2, 0.25) is 5.91 Å². The monoisotopic (exact) mass is 281 g/mol. The van der Waals surface area contributed by atoms with E-state index in [0.717, 1.165) is 0 Å². The Balaban J connectivity index is 2.96. The van der Waals surface area contributed by atoms with Gasteiger partial charge in [0.25, 0.3) is 0 Å². The zero-order valence-corrected chi connectivity index (χ0v) is 12.1. The lowest BCUT2D eigenvalue weighted by atomic mass is 10.1. The number of aromatic amines is 1. The van der Waals surface area contributed by atoms with E-state index in [-0.39, 0.29) is 12.3 Å². The lowest BCUT2D eigenvalue weighted by Crippen LogP contribution is -2.42. The number of carboxylic acid groups (broad SMARTS) is 1. The standard InChI is InChI=1S/C13H19N3O4/c1-5-10(12(18)19)16(4)11(17)6-9-7(2)14-13(20)15-8(9)3/h10H,5-6H2,1-4H3,(H,18,19)(H,14,15,20). The molecule has 1 aromatic heterocycles. The normalized spacial score (nSPS) is 12.0. The topological polar surface area (TPSA) is 103 Å². The van der Waals surface area contributed by atoms with Gasteiger partial charge in [0.05, 0.1) is 6.42 Å². The Labute approximate surface area is 116 Å². The molecule has 1 unspecified atom stereocenters. The Morgan fingerprint density at radius 2 is 2.00 bits per heavy atom. The number of hydrogen-bond donors (Lipinski definition) is 2. The highest BCUT2D eigenvalue weighted by molar-refractivity contribution is 5.85. The summed E-state index contributed by atoms with van der Waals surface area (Å²) >= 11 is 0. The molecule has 1 amide bonds. The number of carbonyl (C=O) groups excluding carboxylic acids is 1. The molecule has 0 saturated carbocycles. The Hall–Kier alpha value is -2.18. The highest BCUT2D eigenvalue weighted by Gasteiger charge is 2.25. The van der Waals surface area contributed by atoms with Crippen LogP contribution >= 0.6 is 0 Å². The molecule has 0 bridgehead atoms. The summed E-state index contributed by atoms with van der Waals surface area (Å²) in [7, 11) is 1.47. The number of likely N-dealkylation sites (N-methyl/N-ethyl adjacent to an activating group) is 1. The first kappa shape index (κ1) is 15.9. The second-order valence-electron chi connectivity index (χ2n) is 4.67. The van der Waals surface area contributed by atoms with Crippen molar-refractivity contribution < 1.29 is 14.7 Å². The number of nitrogens with one attached hydrogen (secondary N) is 1. The Morgan fingerprint density at radius 3 is 2.45 bits per heavy atom. The largest absolute Gasteiger partial charge is 0.480 e. The van der Waals surface area contributed by atoms with Crippen LogP contribution in [0, 0.1) is 13.8 Å². The van der Waals surface area contributed by atoms with Crippen molar-refractivity contribution >= 4 is 11.9 Å². The van der Waals surface area contributed by atoms with Gasteiger partial charge in [-0.1, -0.05) is 6.92 Å². The van der Waals surface area contributed by atoms with Crippen LogP contribution in [0.3, 0.4) is 0 Å². The van der Waals surface area contributed by atoms with Crippen molar-refractivity contribution in [1.82, 2.24) is 14.9 Å². The number of carbonyl (C=O) groups is 2. The van der Waals surface area contributed by atoms with Gasteiger partial charge < -0.3 is 15.0 Å². The minimum atomic E-state index is -1.03. The van der Waals surface area contributed by atoms with E-state index >= 15 is 0 Å². The zero-order chi connectivity index (χ0) is 15.4. The molecule has 0 aliphatic rings. The summed E-state index contributed by atoms with van der Waals surface area (Å²) in [5, 5.41) is 9.05. The summed E-state index contributed by atoms with van der Waals surface area (Å²) in [6, 6.07) is -0.848. The Kier molecular flexibility index (Phi) is 5.01. The fourth-order valence-corrected chi connectivity index (χ4v) is 2.08. The lowest BCUT2D eigenvalue weighted by Gasteiger charge is -2.24. The lowest BCUT2D eigenvalue weighted by molar-refractivity contribution is -0.148. The van der Waals surface area contributed by atoms with Crippen molar-refractivity contribution in [3.8, 4) is 0 Å². The van der Waals surface area contributed by atoms with E-state index in [0.29, 0.717) is 23.4 Å². The zero-order valence-electron chi connectivity index (χ0n) is 12.1. The number of aliphatic carboxylic acids is 1. The molecule has 0 saturated heterocycles. The SMILES string of the molecule is CCC(C(=O)O)N(C)C(=O)Cc1c(C)nc(=O)[nH]c1C. The average Bonchev–Trinajstić information content (AvgIpc) is 2.33. The summed E-state index contributed by atoms with van der Waals surface area (Å²) < 4.78 is 0. The van der Waals surface area contributed by atoms with E-state index in [9.17, 15) is 14.4 Å². The number of hydrogen-bond acceptors (Lipinski definition) is 4. The summed E-state index contributed by atoms with van der Waals surface area (Å²) in [6.07, 6.45) is 0.348. The number of carboxylic acids is 1. The number of rotatable bonds is 5. The fraction of sp³-hybridized carbons (Fsp3) is 0.538. The van der Waals surface area contributed by atoms with Crippen molar-refractivity contribution in [3.63, 3.8) is 0 Å². The molecule has 0 aliphatic heterocycles. The number of aromatic nitrogens is 2. The maximum Gasteiger partial charge on any atom is 0.345 e. The van der Waals surface area contributed by atoms with Gasteiger partial charge in [0.1, 0.15) is 6.04 Å². The molecule has 1 atom stereocenters. The van der Waals surface area contributed by atoms with Gasteiger partial charge in [0, 0.05) is 24.0 Å². The van der Waals surface area contributed by atoms with Crippen LogP contribution in [0.4, 0.5) is 0 Å². The van der Waals surface area contributed by atoms with E-state index < -0.39 is 17.7 Å². The molecule has 1 heterocycles. The van der Waals surface area contributed by atoms with E-state index in [1.54, 1.807) is 20.8 Å². The summed E-state index contributed by atoms with van der Waals surface area (Å²) in [5.74, 6) is -1.35. The van der Waals surface area contributed by atoms with Gasteiger partial charge >= 0.3 is 11.7 Å². The van der Waals surface area contributed by atoms with Crippen LogP contribution < -0.4 is 5.69 Å². The molecule has 2 N–H and O–H groups in total. The van der Waals surface area contributed by atoms with Crippen molar-refractivity contribution in [2.24, 2.45) is 0 Å². The summed E-state index contributed by atoms with van der Waals surface area (Å²) in [4.78, 5) is 41.9. The molecular formula is C13H19N3O4. The summed E-state index contributed by atoms with van der Waals surface area (Å²) in [5.41, 5.74) is 1.23.